The molecule has 0 saturated carbocycles. The molecule has 0 bridgehead atoms. The Morgan fingerprint density at radius 3 is 1.86 bits per heavy atom. The van der Waals surface area contributed by atoms with Crippen molar-refractivity contribution in [3.63, 3.8) is 0 Å². The van der Waals surface area contributed by atoms with Gasteiger partial charge in [-0.05, 0) is 51.0 Å². The van der Waals surface area contributed by atoms with Crippen LogP contribution in [0.15, 0.2) is 35.4 Å². The zero-order chi connectivity index (χ0) is 15.1. The summed E-state index contributed by atoms with van der Waals surface area (Å²) in [6.07, 6.45) is 1.40. The van der Waals surface area contributed by atoms with E-state index in [1.165, 1.54) is 16.0 Å². The summed E-state index contributed by atoms with van der Waals surface area (Å²) in [6, 6.07) is 7.07. The van der Waals surface area contributed by atoms with E-state index in [0.29, 0.717) is 24.3 Å². The van der Waals surface area contributed by atoms with Gasteiger partial charge < -0.3 is 4.74 Å². The van der Waals surface area contributed by atoms with Crippen molar-refractivity contribution in [2.75, 3.05) is 12.0 Å². The van der Waals surface area contributed by atoms with Gasteiger partial charge in [0.15, 0.2) is 0 Å². The van der Waals surface area contributed by atoms with Crippen molar-refractivity contribution in [3.05, 3.63) is 35.4 Å². The number of imide groups is 1. The van der Waals surface area contributed by atoms with E-state index < -0.39 is 0 Å². The van der Waals surface area contributed by atoms with Crippen LogP contribution in [0.3, 0.4) is 0 Å². The van der Waals surface area contributed by atoms with Crippen LogP contribution in [0.5, 0.6) is 5.75 Å². The summed E-state index contributed by atoms with van der Waals surface area (Å²) < 4.78 is 5.11. The topological polar surface area (TPSA) is 46.6 Å². The van der Waals surface area contributed by atoms with Crippen molar-refractivity contribution in [1.82, 2.24) is 0 Å². The standard InChI is InChI=1S/C17H19NO3/c1-10-8-14-15(9-11(10)2)17(20)18(16(14)19)12-4-6-13(21-3)7-5-12/h4-7,14-15H,8-9H2,1-3H3/t14-,15-/m0/s1. The maximum atomic E-state index is 12.6. The Kier molecular flexibility index (Phi) is 3.32. The van der Waals surface area contributed by atoms with Gasteiger partial charge in [-0.3, -0.25) is 14.5 Å². The average molecular weight is 285 g/mol. The monoisotopic (exact) mass is 285 g/mol. The lowest BCUT2D eigenvalue weighted by atomic mass is 9.78. The highest BCUT2D eigenvalue weighted by Crippen LogP contribution is 2.42. The summed E-state index contributed by atoms with van der Waals surface area (Å²) >= 11 is 0. The maximum Gasteiger partial charge on any atom is 0.238 e. The lowest BCUT2D eigenvalue weighted by Crippen LogP contribution is -2.30. The van der Waals surface area contributed by atoms with Gasteiger partial charge >= 0.3 is 0 Å². The summed E-state index contributed by atoms with van der Waals surface area (Å²) in [5, 5.41) is 0. The molecule has 4 heteroatoms. The highest BCUT2D eigenvalue weighted by atomic mass is 16.5. The van der Waals surface area contributed by atoms with Crippen LogP contribution in [-0.4, -0.2) is 18.9 Å². The second-order valence-electron chi connectivity index (χ2n) is 5.89. The van der Waals surface area contributed by atoms with Crippen LogP contribution in [0.2, 0.25) is 0 Å². The van der Waals surface area contributed by atoms with Gasteiger partial charge in [0.25, 0.3) is 0 Å². The Balaban J connectivity index is 1.92. The molecule has 0 unspecified atom stereocenters. The first-order chi connectivity index (χ1) is 10.0. The smallest absolute Gasteiger partial charge is 0.238 e. The number of hydrogen-bond donors (Lipinski definition) is 0. The molecule has 2 amide bonds. The molecular weight excluding hydrogens is 266 g/mol. The Hall–Kier alpha value is -2.10. The van der Waals surface area contributed by atoms with E-state index in [1.54, 1.807) is 31.4 Å². The zero-order valence-electron chi connectivity index (χ0n) is 12.6. The number of anilines is 1. The van der Waals surface area contributed by atoms with Gasteiger partial charge in [-0.25, -0.2) is 0 Å². The van der Waals surface area contributed by atoms with E-state index in [0.717, 1.165) is 0 Å². The highest BCUT2D eigenvalue weighted by molar-refractivity contribution is 6.22. The van der Waals surface area contributed by atoms with Gasteiger partial charge in [-0.1, -0.05) is 11.1 Å². The van der Waals surface area contributed by atoms with E-state index in [1.807, 2.05) is 0 Å². The molecule has 1 aliphatic heterocycles. The number of ether oxygens (including phenoxy) is 1. The number of benzene rings is 1. The minimum Gasteiger partial charge on any atom is -0.497 e. The average Bonchev–Trinajstić information content (AvgIpc) is 2.72. The predicted octanol–water partition coefficient (Wildman–Crippen LogP) is 2.93. The Bertz CT molecular complexity index is 598. The minimum absolute atomic E-state index is 0.0676. The normalized spacial score (nSPS) is 25.4. The number of amides is 2. The van der Waals surface area contributed by atoms with Crippen LogP contribution in [0, 0.1) is 11.8 Å². The van der Waals surface area contributed by atoms with E-state index in [4.69, 9.17) is 4.74 Å². The Labute approximate surface area is 124 Å². The van der Waals surface area contributed by atoms with Crippen molar-refractivity contribution < 1.29 is 14.3 Å². The van der Waals surface area contributed by atoms with Crippen LogP contribution in [0.25, 0.3) is 0 Å². The summed E-state index contributed by atoms with van der Waals surface area (Å²) in [7, 11) is 1.59. The molecule has 21 heavy (non-hydrogen) atoms. The Morgan fingerprint density at radius 1 is 0.952 bits per heavy atom. The van der Waals surface area contributed by atoms with Gasteiger partial charge in [-0.2, -0.15) is 0 Å². The van der Waals surface area contributed by atoms with E-state index in [9.17, 15) is 9.59 Å². The summed E-state index contributed by atoms with van der Waals surface area (Å²) in [6.45, 7) is 4.11. The van der Waals surface area contributed by atoms with Gasteiger partial charge in [0.2, 0.25) is 11.8 Å². The molecule has 1 aromatic carbocycles. The van der Waals surface area contributed by atoms with Gasteiger partial charge in [0, 0.05) is 0 Å². The molecule has 1 heterocycles. The lowest BCUT2D eigenvalue weighted by molar-refractivity contribution is -0.122. The fraction of sp³-hybridized carbons (Fsp3) is 0.412. The van der Waals surface area contributed by atoms with Gasteiger partial charge in [0.1, 0.15) is 5.75 Å². The van der Waals surface area contributed by atoms with E-state index in [-0.39, 0.29) is 23.7 Å². The van der Waals surface area contributed by atoms with Crippen LogP contribution in [0.1, 0.15) is 26.7 Å². The zero-order valence-corrected chi connectivity index (χ0v) is 12.6. The molecule has 1 aliphatic carbocycles. The van der Waals surface area contributed by atoms with Crippen LogP contribution in [0.4, 0.5) is 5.69 Å². The molecule has 1 aromatic rings. The molecular formula is C17H19NO3. The third-order valence-corrected chi connectivity index (χ3v) is 4.67. The van der Waals surface area contributed by atoms with E-state index in [2.05, 4.69) is 13.8 Å². The molecule has 3 rings (SSSR count). The van der Waals surface area contributed by atoms with Crippen LogP contribution >= 0.6 is 0 Å². The van der Waals surface area contributed by atoms with Crippen molar-refractivity contribution >= 4 is 17.5 Å². The first-order valence-corrected chi connectivity index (χ1v) is 7.20. The maximum absolute atomic E-state index is 12.6. The third-order valence-electron chi connectivity index (χ3n) is 4.67. The first-order valence-electron chi connectivity index (χ1n) is 7.20. The predicted molar refractivity (Wildman–Crippen MR) is 80.1 cm³/mol. The molecule has 1 saturated heterocycles. The fourth-order valence-electron chi connectivity index (χ4n) is 3.24. The van der Waals surface area contributed by atoms with Crippen molar-refractivity contribution in [2.24, 2.45) is 11.8 Å². The molecule has 0 N–H and O–H groups in total. The number of methoxy groups -OCH3 is 1. The summed E-state index contributed by atoms with van der Waals surface area (Å²) in [4.78, 5) is 26.6. The summed E-state index contributed by atoms with van der Waals surface area (Å²) in [5.41, 5.74) is 3.12. The molecule has 2 aliphatic rings. The number of rotatable bonds is 2. The fourth-order valence-corrected chi connectivity index (χ4v) is 3.24. The molecule has 2 atom stereocenters. The SMILES string of the molecule is COc1ccc(N2C(=O)[C@H]3CC(C)=C(C)C[C@@H]3C2=O)cc1. The number of carbonyl (C=O) groups is 2. The second-order valence-corrected chi connectivity index (χ2v) is 5.89. The molecule has 1 fully saturated rings. The largest absolute Gasteiger partial charge is 0.497 e. The number of allylic oxidation sites excluding steroid dienone is 2. The van der Waals surface area contributed by atoms with Crippen molar-refractivity contribution in [3.8, 4) is 5.75 Å². The highest BCUT2D eigenvalue weighted by Gasteiger charge is 2.49. The number of carbonyl (C=O) groups excluding carboxylic acids is 2. The first kappa shape index (κ1) is 13.9. The molecule has 0 spiro atoms. The lowest BCUT2D eigenvalue weighted by Gasteiger charge is -2.23. The third kappa shape index (κ3) is 2.15. The van der Waals surface area contributed by atoms with Gasteiger partial charge in [-0.15, -0.1) is 0 Å². The van der Waals surface area contributed by atoms with E-state index >= 15 is 0 Å². The number of nitrogens with zero attached hydrogens (tertiary/aromatic N) is 1. The summed E-state index contributed by atoms with van der Waals surface area (Å²) in [5.74, 6) is 0.194. The van der Waals surface area contributed by atoms with Gasteiger partial charge in [0.05, 0.1) is 24.6 Å². The van der Waals surface area contributed by atoms with Crippen LogP contribution in [-0.2, 0) is 9.59 Å². The molecule has 0 radical (unpaired) electrons. The molecule has 0 aromatic heterocycles. The molecule has 4 nitrogen and oxygen atoms in total. The number of hydrogen-bond acceptors (Lipinski definition) is 3. The number of fused-ring (bicyclic) bond motifs is 1. The van der Waals surface area contributed by atoms with Crippen LogP contribution < -0.4 is 9.64 Å². The molecule has 110 valence electrons. The Morgan fingerprint density at radius 2 is 1.43 bits per heavy atom. The minimum atomic E-state index is -0.191. The van der Waals surface area contributed by atoms with Crippen molar-refractivity contribution in [1.29, 1.82) is 0 Å². The second kappa shape index (κ2) is 5.02. The quantitative estimate of drug-likeness (QED) is 0.620. The van der Waals surface area contributed by atoms with Crippen molar-refractivity contribution in [2.45, 2.75) is 26.7 Å².